The molecule has 0 N–H and O–H groups in total. The molecule has 5 rings (SSSR count). The molecule has 0 spiro atoms. The lowest BCUT2D eigenvalue weighted by Crippen LogP contribution is -2.43. The largest absolute Gasteiger partial charge is 0.494 e. The van der Waals surface area contributed by atoms with E-state index in [1.165, 1.54) is 11.0 Å². The van der Waals surface area contributed by atoms with Gasteiger partial charge >= 0.3 is 6.03 Å². The number of fused-ring (bicyclic) bond motifs is 2. The molecule has 0 aliphatic rings. The van der Waals surface area contributed by atoms with Crippen LogP contribution in [-0.2, 0) is 11.3 Å². The molecule has 0 bridgehead atoms. The van der Waals surface area contributed by atoms with Crippen molar-refractivity contribution >= 4 is 45.4 Å². The number of nitrogens with zero attached hydrogens (tertiary/aromatic N) is 2. The fourth-order valence-corrected chi connectivity index (χ4v) is 4.58. The van der Waals surface area contributed by atoms with Crippen LogP contribution in [0.15, 0.2) is 103 Å². The zero-order valence-corrected chi connectivity index (χ0v) is 20.3. The average Bonchev–Trinajstić information content (AvgIpc) is 2.93. The fourth-order valence-electron chi connectivity index (χ4n) is 4.58. The Bertz CT molecular complexity index is 1530. The molecule has 0 saturated carbocycles. The maximum Gasteiger partial charge on any atom is 0.336 e. The molecule has 0 atom stereocenters. The van der Waals surface area contributed by atoms with Crippen LogP contribution in [0.4, 0.5) is 20.6 Å². The van der Waals surface area contributed by atoms with E-state index in [9.17, 15) is 9.59 Å². The molecule has 0 aromatic heterocycles. The van der Waals surface area contributed by atoms with Crippen LogP contribution in [-0.4, -0.2) is 19.0 Å². The van der Waals surface area contributed by atoms with Gasteiger partial charge in [-0.3, -0.25) is 9.69 Å². The summed E-state index contributed by atoms with van der Waals surface area (Å²) in [4.78, 5) is 28.4. The minimum absolute atomic E-state index is 0.0585. The zero-order valence-electron chi connectivity index (χ0n) is 20.3. The monoisotopic (exact) mass is 492 g/mol. The number of rotatable bonds is 7. The Morgan fingerprint density at radius 2 is 1.43 bits per heavy atom. The summed E-state index contributed by atoms with van der Waals surface area (Å²) in [6, 6.07) is 30.0. The van der Waals surface area contributed by atoms with E-state index < -0.39 is 11.8 Å². The topological polar surface area (TPSA) is 49.9 Å². The van der Waals surface area contributed by atoms with Crippen LogP contribution in [0.3, 0.4) is 0 Å². The summed E-state index contributed by atoms with van der Waals surface area (Å²) >= 11 is 0. The Morgan fingerprint density at radius 1 is 0.838 bits per heavy atom. The quantitative estimate of drug-likeness (QED) is 0.177. The van der Waals surface area contributed by atoms with Gasteiger partial charge in [0.2, 0.25) is 6.41 Å². The van der Waals surface area contributed by atoms with Gasteiger partial charge in [-0.1, -0.05) is 60.7 Å². The van der Waals surface area contributed by atoms with Crippen LogP contribution in [0.2, 0.25) is 0 Å². The van der Waals surface area contributed by atoms with E-state index in [1.807, 2.05) is 55.5 Å². The highest BCUT2D eigenvalue weighted by Crippen LogP contribution is 2.32. The van der Waals surface area contributed by atoms with Crippen molar-refractivity contribution in [3.63, 3.8) is 0 Å². The van der Waals surface area contributed by atoms with Gasteiger partial charge in [0.15, 0.2) is 0 Å². The second kappa shape index (κ2) is 10.5. The summed E-state index contributed by atoms with van der Waals surface area (Å²) in [5.41, 5.74) is 1.30. The Labute approximate surface area is 214 Å². The maximum atomic E-state index is 15.1. The predicted molar refractivity (Wildman–Crippen MR) is 146 cm³/mol. The molecule has 3 amide bonds. The molecule has 5 aromatic rings. The molecule has 0 radical (unpaired) electrons. The number of benzene rings is 5. The number of carbonyl (C=O) groups excluding carboxylic acids is 2. The van der Waals surface area contributed by atoms with Crippen molar-refractivity contribution < 1.29 is 18.7 Å². The van der Waals surface area contributed by atoms with Gasteiger partial charge in [0.05, 0.1) is 24.5 Å². The zero-order chi connectivity index (χ0) is 25.8. The Morgan fingerprint density at radius 3 is 2.03 bits per heavy atom. The van der Waals surface area contributed by atoms with Crippen LogP contribution < -0.4 is 14.5 Å². The van der Waals surface area contributed by atoms with Gasteiger partial charge in [-0.15, -0.1) is 0 Å². The first-order valence-corrected chi connectivity index (χ1v) is 12.0. The molecular weight excluding hydrogens is 467 g/mol. The molecular formula is C31H25FN2O3. The van der Waals surface area contributed by atoms with Crippen molar-refractivity contribution in [3.05, 3.63) is 115 Å². The van der Waals surface area contributed by atoms with E-state index in [2.05, 4.69) is 6.07 Å². The third-order valence-electron chi connectivity index (χ3n) is 6.31. The number of ether oxygens (including phenoxy) is 1. The minimum Gasteiger partial charge on any atom is -0.494 e. The number of hydrogen-bond acceptors (Lipinski definition) is 3. The molecule has 184 valence electrons. The standard InChI is InChI=1S/C31H25FN2O3/c1-2-37-25-17-15-24(16-18-25)34(21-35)31(36)33(30-14-8-7-13-29(30)32)20-28-26-11-5-3-9-22(26)19-23-10-4-6-12-27(23)28/h3-19,21H,2,20H2,1H3. The first-order chi connectivity index (χ1) is 18.1. The van der Waals surface area contributed by atoms with Crippen molar-refractivity contribution in [1.29, 1.82) is 0 Å². The van der Waals surface area contributed by atoms with E-state index in [1.54, 1.807) is 42.5 Å². The van der Waals surface area contributed by atoms with Crippen molar-refractivity contribution in [3.8, 4) is 5.75 Å². The van der Waals surface area contributed by atoms with Crippen molar-refractivity contribution in [2.45, 2.75) is 13.5 Å². The number of carbonyl (C=O) groups is 2. The third kappa shape index (κ3) is 4.74. The molecule has 0 aliphatic heterocycles. The summed E-state index contributed by atoms with van der Waals surface area (Å²) in [7, 11) is 0. The summed E-state index contributed by atoms with van der Waals surface area (Å²) < 4.78 is 20.6. The summed E-state index contributed by atoms with van der Waals surface area (Å²) in [6.45, 7) is 2.43. The first kappa shape index (κ1) is 24.0. The van der Waals surface area contributed by atoms with Crippen LogP contribution >= 0.6 is 0 Å². The second-order valence-corrected chi connectivity index (χ2v) is 8.52. The summed E-state index contributed by atoms with van der Waals surface area (Å²) in [6.07, 6.45) is 0.451. The number of para-hydroxylation sites is 1. The minimum atomic E-state index is -0.665. The van der Waals surface area contributed by atoms with Crippen LogP contribution in [0, 0.1) is 5.82 Å². The van der Waals surface area contributed by atoms with Gasteiger partial charge in [-0.2, -0.15) is 0 Å². The normalized spacial score (nSPS) is 10.9. The lowest BCUT2D eigenvalue weighted by molar-refractivity contribution is -0.106. The molecule has 0 aliphatic carbocycles. The highest BCUT2D eigenvalue weighted by atomic mass is 19.1. The van der Waals surface area contributed by atoms with Gasteiger partial charge in [-0.05, 0) is 76.5 Å². The van der Waals surface area contributed by atoms with Gasteiger partial charge in [0.25, 0.3) is 0 Å². The number of urea groups is 1. The predicted octanol–water partition coefficient (Wildman–Crippen LogP) is 7.32. The SMILES string of the molecule is CCOc1ccc(N(C=O)C(=O)N(Cc2c3ccccc3cc3ccccc23)c2ccccc2F)cc1. The number of imide groups is 1. The van der Waals surface area contributed by atoms with Crippen LogP contribution in [0.5, 0.6) is 5.75 Å². The number of amides is 3. The molecule has 0 unspecified atom stereocenters. The number of halogens is 1. The Balaban J connectivity index is 1.64. The number of anilines is 2. The Kier molecular flexibility index (Phi) is 6.81. The van der Waals surface area contributed by atoms with Crippen LogP contribution in [0.1, 0.15) is 12.5 Å². The van der Waals surface area contributed by atoms with Gasteiger partial charge in [-0.25, -0.2) is 14.1 Å². The van der Waals surface area contributed by atoms with E-state index in [0.29, 0.717) is 24.5 Å². The second-order valence-electron chi connectivity index (χ2n) is 8.52. The molecule has 37 heavy (non-hydrogen) atoms. The van der Waals surface area contributed by atoms with E-state index in [0.717, 1.165) is 32.0 Å². The van der Waals surface area contributed by atoms with E-state index in [-0.39, 0.29) is 12.2 Å². The van der Waals surface area contributed by atoms with Crippen molar-refractivity contribution in [1.82, 2.24) is 0 Å². The van der Waals surface area contributed by atoms with Gasteiger partial charge in [0, 0.05) is 0 Å². The molecule has 0 heterocycles. The molecule has 0 fully saturated rings. The highest BCUT2D eigenvalue weighted by Gasteiger charge is 2.27. The smallest absolute Gasteiger partial charge is 0.336 e. The molecule has 5 nitrogen and oxygen atoms in total. The first-order valence-electron chi connectivity index (χ1n) is 12.0. The number of hydrogen-bond donors (Lipinski definition) is 0. The average molecular weight is 493 g/mol. The van der Waals surface area contributed by atoms with Gasteiger partial charge < -0.3 is 4.74 Å². The summed E-state index contributed by atoms with van der Waals surface area (Å²) in [5.74, 6) is 0.0654. The lowest BCUT2D eigenvalue weighted by atomic mass is 9.96. The molecule has 6 heteroatoms. The lowest BCUT2D eigenvalue weighted by Gasteiger charge is -2.29. The van der Waals surface area contributed by atoms with Crippen molar-refractivity contribution in [2.24, 2.45) is 0 Å². The molecule has 0 saturated heterocycles. The maximum absolute atomic E-state index is 15.1. The Hall–Kier alpha value is -4.71. The van der Waals surface area contributed by atoms with E-state index in [4.69, 9.17) is 4.74 Å². The van der Waals surface area contributed by atoms with Gasteiger partial charge in [0.1, 0.15) is 11.6 Å². The van der Waals surface area contributed by atoms with Crippen LogP contribution in [0.25, 0.3) is 21.5 Å². The summed E-state index contributed by atoms with van der Waals surface area (Å²) in [5, 5.41) is 3.93. The van der Waals surface area contributed by atoms with E-state index >= 15 is 4.39 Å². The molecule has 5 aromatic carbocycles. The highest BCUT2D eigenvalue weighted by molar-refractivity contribution is 6.14. The third-order valence-corrected chi connectivity index (χ3v) is 6.31. The van der Waals surface area contributed by atoms with Crippen molar-refractivity contribution in [2.75, 3.05) is 16.4 Å². The fraction of sp³-hybridized carbons (Fsp3) is 0.0968.